The van der Waals surface area contributed by atoms with Crippen LogP contribution in [-0.4, -0.2) is 14.1 Å². The number of hydrogen-bond donors (Lipinski definition) is 0. The van der Waals surface area contributed by atoms with Crippen molar-refractivity contribution < 1.29 is 8.76 Å². The van der Waals surface area contributed by atoms with Crippen LogP contribution in [0.1, 0.15) is 13.3 Å². The van der Waals surface area contributed by atoms with Gasteiger partial charge in [0.1, 0.15) is 4.98 Å². The summed E-state index contributed by atoms with van der Waals surface area (Å²) in [6, 6.07) is 0. The Morgan fingerprint density at radius 2 is 2.50 bits per heavy atom. The van der Waals surface area contributed by atoms with Crippen molar-refractivity contribution in [3.8, 4) is 0 Å². The molecule has 0 fully saturated rings. The van der Waals surface area contributed by atoms with Gasteiger partial charge in [-0.25, -0.2) is 0 Å². The second-order valence-corrected chi connectivity index (χ2v) is 2.30. The van der Waals surface area contributed by atoms with Crippen LogP contribution in [0.3, 0.4) is 0 Å². The van der Waals surface area contributed by atoms with Crippen LogP contribution in [0.2, 0.25) is 0 Å². The molecule has 0 saturated carbocycles. The maximum atomic E-state index is 9.91. The van der Waals surface area contributed by atoms with Crippen molar-refractivity contribution in [3.05, 3.63) is 4.98 Å². The summed E-state index contributed by atoms with van der Waals surface area (Å²) in [6.07, 6.45) is 0.312. The van der Waals surface area contributed by atoms with Gasteiger partial charge in [-0.2, -0.15) is 0 Å². The fourth-order valence-electron chi connectivity index (χ4n) is 0.256. The maximum Gasteiger partial charge on any atom is 0.374 e. The van der Waals surface area contributed by atoms with E-state index in [0.717, 1.165) is 0 Å². The van der Waals surface area contributed by atoms with Crippen LogP contribution < -0.4 is 0 Å². The predicted octanol–water partition coefficient (Wildman–Crippen LogP) is 0.455. The van der Waals surface area contributed by atoms with E-state index >= 15 is 0 Å². The molecule has 0 heterocycles. The zero-order valence-electron chi connectivity index (χ0n) is 4.40. The van der Waals surface area contributed by atoms with E-state index < -0.39 is 16.5 Å². The van der Waals surface area contributed by atoms with E-state index in [1.807, 2.05) is 0 Å². The summed E-state index contributed by atoms with van der Waals surface area (Å²) in [7, 11) is 0. The van der Waals surface area contributed by atoms with Crippen LogP contribution in [0.5, 0.6) is 0 Å². The van der Waals surface area contributed by atoms with Gasteiger partial charge in [-0.05, 0) is 0 Å². The molecule has 0 aliphatic carbocycles. The fraction of sp³-hybridized carbons (Fsp3) is 1.00. The van der Waals surface area contributed by atoms with E-state index in [4.69, 9.17) is 5.39 Å². The summed E-state index contributed by atoms with van der Waals surface area (Å²) in [6.45, 7) is 1.63. The summed E-state index contributed by atoms with van der Waals surface area (Å²) < 4.78 is 19.8. The summed E-state index contributed by atoms with van der Waals surface area (Å²) in [5.74, 6) is 0. The van der Waals surface area contributed by atoms with E-state index in [9.17, 15) is 8.76 Å². The van der Waals surface area contributed by atoms with Crippen molar-refractivity contribution in [1.82, 2.24) is 0 Å². The van der Waals surface area contributed by atoms with Gasteiger partial charge in [0.2, 0.25) is 5.39 Å². The summed E-state index contributed by atoms with van der Waals surface area (Å²) in [5, 5.41) is 6.98. The third-order valence-electron chi connectivity index (χ3n) is 0.700. The van der Waals surface area contributed by atoms with Crippen LogP contribution in [-0.2, 0) is 11.1 Å². The second kappa shape index (κ2) is 3.52. The Morgan fingerprint density at radius 3 is 2.50 bits per heavy atom. The van der Waals surface area contributed by atoms with E-state index in [0.29, 0.717) is 6.42 Å². The topological polar surface area (TPSA) is 68.3 Å². The highest BCUT2D eigenvalue weighted by atomic mass is 32.2. The van der Waals surface area contributed by atoms with Gasteiger partial charge in [0.05, 0.1) is 0 Å². The van der Waals surface area contributed by atoms with Gasteiger partial charge in [0, 0.05) is 17.5 Å². The molecule has 0 bridgehead atoms. The third kappa shape index (κ3) is 2.00. The van der Waals surface area contributed by atoms with Crippen molar-refractivity contribution in [2.24, 2.45) is 0 Å². The van der Waals surface area contributed by atoms with Crippen molar-refractivity contribution in [2.45, 2.75) is 18.7 Å². The van der Waals surface area contributed by atoms with E-state index in [2.05, 4.69) is 4.98 Å². The summed E-state index contributed by atoms with van der Waals surface area (Å²) in [5.41, 5.74) is 0. The lowest BCUT2D eigenvalue weighted by atomic mass is 10.5. The zero-order chi connectivity index (χ0) is 6.57. The molecule has 0 N–H and O–H groups in total. The zero-order valence-corrected chi connectivity index (χ0v) is 5.22. The molecular weight excluding hydrogens is 128 g/mol. The molecule has 0 aliphatic rings. The van der Waals surface area contributed by atoms with Gasteiger partial charge < -0.3 is 4.55 Å². The van der Waals surface area contributed by atoms with E-state index in [-0.39, 0.29) is 0 Å². The first-order valence-electron chi connectivity index (χ1n) is 2.14. The quantitative estimate of drug-likeness (QED) is 0.407. The summed E-state index contributed by atoms with van der Waals surface area (Å²) in [4.78, 5) is 2.59. The first-order valence-corrected chi connectivity index (χ1v) is 3.28. The highest BCUT2D eigenvalue weighted by Gasteiger charge is 2.16. The fourth-order valence-corrected chi connectivity index (χ4v) is 0.605. The predicted molar refractivity (Wildman–Crippen MR) is 28.1 cm³/mol. The van der Waals surface area contributed by atoms with Crippen LogP contribution >= 0.6 is 0 Å². The molecule has 0 spiro atoms. The highest BCUT2D eigenvalue weighted by Crippen LogP contribution is 1.98. The maximum absolute atomic E-state index is 9.91. The van der Waals surface area contributed by atoms with Crippen molar-refractivity contribution >= 4 is 11.1 Å². The molecule has 0 aliphatic heterocycles. The number of nitrogens with zero attached hydrogens (tertiary/aromatic N) is 2. The standard InChI is InChI=1S/C3H6N2O2S/c1-2-3(5-4)8(6)7/h3H,2H2,1H3. The Morgan fingerprint density at radius 1 is 2.00 bits per heavy atom. The molecule has 0 aromatic carbocycles. The van der Waals surface area contributed by atoms with Crippen LogP contribution in [0.4, 0.5) is 0 Å². The SMILES string of the molecule is CCC([N+]#N)S(=O)[O-]. The average molecular weight is 134 g/mol. The van der Waals surface area contributed by atoms with Crippen LogP contribution in [0.15, 0.2) is 0 Å². The van der Waals surface area contributed by atoms with Gasteiger partial charge in [-0.15, -0.1) is 0 Å². The Hall–Kier alpha value is -0.470. The minimum absolute atomic E-state index is 0.312. The molecule has 5 heteroatoms. The molecular formula is C3H6N2O2S. The molecule has 0 rings (SSSR count). The lowest BCUT2D eigenvalue weighted by molar-refractivity contribution is 0.527. The molecule has 2 atom stereocenters. The smallest absolute Gasteiger partial charge is 0.374 e. The summed E-state index contributed by atoms with van der Waals surface area (Å²) >= 11 is -2.27. The Labute approximate surface area is 49.8 Å². The Bertz CT molecular complexity index is 130. The third-order valence-corrected chi connectivity index (χ3v) is 1.57. The molecule has 0 aromatic rings. The largest absolute Gasteiger partial charge is 0.766 e. The minimum Gasteiger partial charge on any atom is -0.766 e. The monoisotopic (exact) mass is 134 g/mol. The van der Waals surface area contributed by atoms with Gasteiger partial charge in [-0.1, -0.05) is 6.92 Å². The molecule has 4 nitrogen and oxygen atoms in total. The van der Waals surface area contributed by atoms with Gasteiger partial charge in [0.25, 0.3) is 0 Å². The first-order chi connectivity index (χ1) is 3.72. The number of hydrogen-bond acceptors (Lipinski definition) is 3. The van der Waals surface area contributed by atoms with Crippen molar-refractivity contribution in [3.63, 3.8) is 0 Å². The number of diazo groups is 1. The lowest BCUT2D eigenvalue weighted by Crippen LogP contribution is -2.06. The normalized spacial score (nSPS) is 16.6. The van der Waals surface area contributed by atoms with E-state index in [1.54, 1.807) is 6.92 Å². The van der Waals surface area contributed by atoms with E-state index in [1.165, 1.54) is 0 Å². The average Bonchev–Trinajstić information content (AvgIpc) is 1.69. The molecule has 46 valence electrons. The van der Waals surface area contributed by atoms with Gasteiger partial charge >= 0.3 is 5.37 Å². The molecule has 8 heavy (non-hydrogen) atoms. The molecule has 0 amide bonds. The van der Waals surface area contributed by atoms with Gasteiger partial charge in [-0.3, -0.25) is 4.21 Å². The number of rotatable bonds is 2. The van der Waals surface area contributed by atoms with Crippen LogP contribution in [0, 0.1) is 5.39 Å². The first kappa shape index (κ1) is 7.53. The Balaban J connectivity index is 3.76. The Kier molecular flexibility index (Phi) is 3.31. The lowest BCUT2D eigenvalue weighted by Gasteiger charge is -1.96. The second-order valence-electron chi connectivity index (χ2n) is 1.24. The van der Waals surface area contributed by atoms with Crippen LogP contribution in [0.25, 0.3) is 4.98 Å². The minimum atomic E-state index is -2.27. The molecule has 0 radical (unpaired) electrons. The van der Waals surface area contributed by atoms with Gasteiger partial charge in [0.15, 0.2) is 0 Å². The highest BCUT2D eigenvalue weighted by molar-refractivity contribution is 7.79. The molecule has 0 saturated heterocycles. The molecule has 2 unspecified atom stereocenters. The van der Waals surface area contributed by atoms with Crippen molar-refractivity contribution in [1.29, 1.82) is 5.39 Å². The van der Waals surface area contributed by atoms with Crippen molar-refractivity contribution in [2.75, 3.05) is 0 Å². The molecule has 0 aromatic heterocycles.